The van der Waals surface area contributed by atoms with E-state index in [9.17, 15) is 45.6 Å². The van der Waals surface area contributed by atoms with Crippen molar-refractivity contribution in [2.75, 3.05) is 13.2 Å². The lowest BCUT2D eigenvalue weighted by Crippen LogP contribution is -2.68. The third-order valence-corrected chi connectivity index (χ3v) is 15.4. The standard InChI is InChI=1S/C36H58O11/c1-31(2)13-19-18-7-8-23-32(3)14-20(39)28(43)33(4,17-38)22(32)9-10-35(23,6)34(18,5)11-12-36(19,30(44)45)15-24(31)47-29-27(42)26(41)25(40)21(16-37)46-29/h7,19-29,37-43H,8-17H2,1-6H3,(H,44,45)/t19-,20+,21+,22+,23+,24?,25+,26-,27+,28-,29-,32-,33-,34+,35+,36+/m0/s1. The van der Waals surface area contributed by atoms with Crippen LogP contribution in [0.4, 0.5) is 0 Å². The monoisotopic (exact) mass is 666 g/mol. The Morgan fingerprint density at radius 1 is 0.894 bits per heavy atom. The van der Waals surface area contributed by atoms with Gasteiger partial charge in [-0.25, -0.2) is 0 Å². The highest BCUT2D eigenvalue weighted by atomic mass is 16.7. The maximum atomic E-state index is 13.4. The molecule has 0 aromatic carbocycles. The SMILES string of the molecule is CC1(C)C[C@H]2C3=CC[C@@H]4[C@@]5(C)C[C@@H](O)[C@H](O)[C@@](C)(CO)[C@@H]5CC[C@@]4(C)[C@]3(C)CC[C@@]2(C(=O)O)CC1O[C@@H]1O[C@H](CO)[C@@H](O)[C@H](O)[C@H]1O. The normalized spacial score (nSPS) is 55.5. The number of aliphatic hydroxyl groups is 7. The van der Waals surface area contributed by atoms with Crippen LogP contribution in [0.2, 0.25) is 0 Å². The Morgan fingerprint density at radius 3 is 2.19 bits per heavy atom. The number of allylic oxidation sites excluding steroid dienone is 2. The van der Waals surface area contributed by atoms with E-state index in [0.717, 1.165) is 19.3 Å². The molecule has 0 radical (unpaired) electrons. The van der Waals surface area contributed by atoms with Gasteiger partial charge in [0.15, 0.2) is 6.29 Å². The van der Waals surface area contributed by atoms with E-state index in [-0.39, 0.29) is 47.0 Å². The summed E-state index contributed by atoms with van der Waals surface area (Å²) < 4.78 is 12.0. The van der Waals surface area contributed by atoms with Gasteiger partial charge in [-0.2, -0.15) is 0 Å². The van der Waals surface area contributed by atoms with Crippen LogP contribution in [0.5, 0.6) is 0 Å². The van der Waals surface area contributed by atoms with Gasteiger partial charge in [0.2, 0.25) is 0 Å². The topological polar surface area (TPSA) is 197 Å². The van der Waals surface area contributed by atoms with Crippen molar-refractivity contribution < 1.29 is 55.1 Å². The first-order valence-electron chi connectivity index (χ1n) is 17.6. The van der Waals surface area contributed by atoms with Gasteiger partial charge in [-0.15, -0.1) is 0 Å². The highest BCUT2D eigenvalue weighted by Crippen LogP contribution is 2.76. The number of hydrogen-bond donors (Lipinski definition) is 8. The minimum atomic E-state index is -1.59. The van der Waals surface area contributed by atoms with Crippen molar-refractivity contribution in [2.24, 2.45) is 50.2 Å². The molecule has 268 valence electrons. The van der Waals surface area contributed by atoms with E-state index >= 15 is 0 Å². The molecule has 1 unspecified atom stereocenters. The van der Waals surface area contributed by atoms with E-state index in [2.05, 4.69) is 26.8 Å². The first kappa shape index (κ1) is 35.7. The molecule has 8 N–H and O–H groups in total. The fraction of sp³-hybridized carbons (Fsp3) is 0.917. The molecule has 1 heterocycles. The summed E-state index contributed by atoms with van der Waals surface area (Å²) in [4.78, 5) is 13.4. The lowest BCUT2D eigenvalue weighted by molar-refractivity contribution is -0.325. The number of carboxylic acids is 1. The van der Waals surface area contributed by atoms with Crippen molar-refractivity contribution in [2.45, 2.75) is 142 Å². The number of aliphatic hydroxyl groups excluding tert-OH is 7. The predicted octanol–water partition coefficient (Wildman–Crippen LogP) is 1.97. The second-order valence-corrected chi connectivity index (χ2v) is 17.9. The number of rotatable bonds is 5. The van der Waals surface area contributed by atoms with Gasteiger partial charge in [-0.05, 0) is 90.8 Å². The fourth-order valence-corrected chi connectivity index (χ4v) is 12.3. The number of ether oxygens (including phenoxy) is 2. The lowest BCUT2D eigenvalue weighted by atomic mass is 9.33. The minimum absolute atomic E-state index is 0.0330. The van der Waals surface area contributed by atoms with Crippen molar-refractivity contribution in [3.63, 3.8) is 0 Å². The summed E-state index contributed by atoms with van der Waals surface area (Å²) in [6.45, 7) is 12.1. The molecule has 0 spiro atoms. The summed E-state index contributed by atoms with van der Waals surface area (Å²) >= 11 is 0. The Bertz CT molecular complexity index is 1270. The smallest absolute Gasteiger partial charge is 0.310 e. The van der Waals surface area contributed by atoms with Crippen LogP contribution in [0.15, 0.2) is 11.6 Å². The molecule has 11 nitrogen and oxygen atoms in total. The van der Waals surface area contributed by atoms with Crippen LogP contribution >= 0.6 is 0 Å². The molecular weight excluding hydrogens is 608 g/mol. The average Bonchev–Trinajstić information content (AvgIpc) is 3.00. The van der Waals surface area contributed by atoms with Crippen LogP contribution in [0.25, 0.3) is 0 Å². The van der Waals surface area contributed by atoms with Gasteiger partial charge < -0.3 is 50.3 Å². The first-order valence-corrected chi connectivity index (χ1v) is 17.6. The van der Waals surface area contributed by atoms with E-state index in [1.807, 2.05) is 20.8 Å². The summed E-state index contributed by atoms with van der Waals surface area (Å²) in [6, 6.07) is 0. The quantitative estimate of drug-likeness (QED) is 0.158. The zero-order valence-electron chi connectivity index (χ0n) is 28.8. The highest BCUT2D eigenvalue weighted by molar-refractivity contribution is 5.77. The Morgan fingerprint density at radius 2 is 1.57 bits per heavy atom. The third kappa shape index (κ3) is 4.74. The minimum Gasteiger partial charge on any atom is -0.481 e. The van der Waals surface area contributed by atoms with Gasteiger partial charge in [0, 0.05) is 5.41 Å². The Balaban J connectivity index is 1.34. The van der Waals surface area contributed by atoms with Gasteiger partial charge in [0.25, 0.3) is 0 Å². The number of carboxylic acid groups (broad SMARTS) is 1. The molecule has 0 aromatic rings. The zero-order valence-corrected chi connectivity index (χ0v) is 28.8. The van der Waals surface area contributed by atoms with Crippen molar-refractivity contribution in [1.82, 2.24) is 0 Å². The molecule has 5 fully saturated rings. The van der Waals surface area contributed by atoms with Gasteiger partial charge >= 0.3 is 5.97 Å². The number of aliphatic carboxylic acids is 1. The summed E-state index contributed by atoms with van der Waals surface area (Å²) in [5, 5.41) is 84.8. The molecule has 4 saturated carbocycles. The van der Waals surface area contributed by atoms with Crippen molar-refractivity contribution in [3.05, 3.63) is 11.6 Å². The Hall–Kier alpha value is -1.15. The zero-order chi connectivity index (χ0) is 34.7. The largest absolute Gasteiger partial charge is 0.481 e. The molecule has 5 aliphatic carbocycles. The van der Waals surface area contributed by atoms with Gasteiger partial charge in [-0.3, -0.25) is 4.79 Å². The maximum absolute atomic E-state index is 13.4. The molecule has 6 rings (SSSR count). The number of fused-ring (bicyclic) bond motifs is 7. The van der Waals surface area contributed by atoms with Crippen LogP contribution in [0.1, 0.15) is 92.9 Å². The molecule has 1 saturated heterocycles. The van der Waals surface area contributed by atoms with Gasteiger partial charge in [0.05, 0.1) is 36.9 Å². The van der Waals surface area contributed by atoms with Crippen LogP contribution < -0.4 is 0 Å². The molecule has 0 aromatic heterocycles. The van der Waals surface area contributed by atoms with Crippen molar-refractivity contribution >= 4 is 5.97 Å². The van der Waals surface area contributed by atoms with Crippen molar-refractivity contribution in [1.29, 1.82) is 0 Å². The highest BCUT2D eigenvalue weighted by Gasteiger charge is 2.71. The first-order chi connectivity index (χ1) is 21.8. The molecular formula is C36H58O11. The lowest BCUT2D eigenvalue weighted by Gasteiger charge is -2.71. The second kappa shape index (κ2) is 11.4. The Kier molecular flexibility index (Phi) is 8.68. The van der Waals surface area contributed by atoms with E-state index in [4.69, 9.17) is 9.47 Å². The van der Waals surface area contributed by atoms with E-state index in [1.54, 1.807) is 0 Å². The molecule has 1 aliphatic heterocycles. The summed E-state index contributed by atoms with van der Waals surface area (Å²) in [5.74, 6) is -0.931. The maximum Gasteiger partial charge on any atom is 0.310 e. The van der Waals surface area contributed by atoms with Gasteiger partial charge in [0.1, 0.15) is 24.4 Å². The summed E-state index contributed by atoms with van der Waals surface area (Å²) in [6.07, 6.45) is -2.73. The predicted molar refractivity (Wildman–Crippen MR) is 170 cm³/mol. The Labute approximate surface area is 278 Å². The number of carbonyl (C=O) groups is 1. The van der Waals surface area contributed by atoms with Crippen LogP contribution in [-0.4, -0.2) is 109 Å². The summed E-state index contributed by atoms with van der Waals surface area (Å²) in [7, 11) is 0. The van der Waals surface area contributed by atoms with Crippen LogP contribution in [0.3, 0.4) is 0 Å². The fourth-order valence-electron chi connectivity index (χ4n) is 12.3. The average molecular weight is 667 g/mol. The molecule has 0 bridgehead atoms. The van der Waals surface area contributed by atoms with E-state index in [0.29, 0.717) is 25.7 Å². The molecule has 6 aliphatic rings. The van der Waals surface area contributed by atoms with E-state index in [1.165, 1.54) is 5.57 Å². The molecule has 11 heteroatoms. The van der Waals surface area contributed by atoms with Crippen LogP contribution in [-0.2, 0) is 14.3 Å². The van der Waals surface area contributed by atoms with Crippen LogP contribution in [0, 0.1) is 50.2 Å². The molecule has 0 amide bonds. The van der Waals surface area contributed by atoms with E-state index < -0.39 is 77.8 Å². The molecule has 16 atom stereocenters. The third-order valence-electron chi connectivity index (χ3n) is 15.4. The number of hydrogen-bond acceptors (Lipinski definition) is 10. The van der Waals surface area contributed by atoms with Crippen molar-refractivity contribution in [3.8, 4) is 0 Å². The molecule has 47 heavy (non-hydrogen) atoms. The second-order valence-electron chi connectivity index (χ2n) is 17.9. The summed E-state index contributed by atoms with van der Waals surface area (Å²) in [5.41, 5.74) is -2.11. The van der Waals surface area contributed by atoms with Gasteiger partial charge in [-0.1, -0.05) is 53.2 Å².